The maximum absolute atomic E-state index is 13.5. The molecule has 0 aromatic heterocycles. The van der Waals surface area contributed by atoms with Crippen LogP contribution in [0.2, 0.25) is 0 Å². The molecule has 0 spiro atoms. The van der Waals surface area contributed by atoms with E-state index in [0.717, 1.165) is 9.87 Å². The number of piperazine rings is 1. The van der Waals surface area contributed by atoms with Crippen LogP contribution >= 0.6 is 0 Å². The normalized spacial score (nSPS) is 15.3. The Bertz CT molecular complexity index is 1470. The second-order valence-corrected chi connectivity index (χ2v) is 13.1. The summed E-state index contributed by atoms with van der Waals surface area (Å²) >= 11 is 0. The minimum absolute atomic E-state index is 0.00910. The minimum atomic E-state index is -4.03. The lowest BCUT2D eigenvalue weighted by atomic mass is 10.2. The fourth-order valence-electron chi connectivity index (χ4n) is 4.16. The average Bonchev–Trinajstić information content (AvgIpc) is 2.94. The first-order chi connectivity index (χ1) is 18.6. The molecular weight excluding hydrogens is 540 g/mol. The minimum Gasteiger partial charge on any atom is -0.497 e. The molecule has 12 heteroatoms. The van der Waals surface area contributed by atoms with Gasteiger partial charge >= 0.3 is 0 Å². The van der Waals surface area contributed by atoms with Gasteiger partial charge in [-0.1, -0.05) is 30.3 Å². The van der Waals surface area contributed by atoms with Crippen molar-refractivity contribution in [1.82, 2.24) is 13.5 Å². The number of benzene rings is 3. The first-order valence-electron chi connectivity index (χ1n) is 12.4. The van der Waals surface area contributed by atoms with E-state index in [0.29, 0.717) is 37.6 Å². The number of hydrogen-bond donors (Lipinski definition) is 1. The molecule has 0 atom stereocenters. The number of carbonyl (C=O) groups is 1. The van der Waals surface area contributed by atoms with Gasteiger partial charge in [0.1, 0.15) is 5.75 Å². The zero-order chi connectivity index (χ0) is 28.0. The highest BCUT2D eigenvalue weighted by atomic mass is 32.2. The predicted octanol–water partition coefficient (Wildman–Crippen LogP) is 2.46. The summed E-state index contributed by atoms with van der Waals surface area (Å²) < 4.78 is 60.6. The predicted molar refractivity (Wildman–Crippen MR) is 148 cm³/mol. The molecule has 1 N–H and O–H groups in total. The topological polar surface area (TPSA) is 116 Å². The summed E-state index contributed by atoms with van der Waals surface area (Å²) in [4.78, 5) is 15.2. The molecule has 10 nitrogen and oxygen atoms in total. The lowest BCUT2D eigenvalue weighted by molar-refractivity contribution is -0.116. The van der Waals surface area contributed by atoms with Gasteiger partial charge in [0.25, 0.3) is 0 Å². The molecule has 0 bridgehead atoms. The van der Waals surface area contributed by atoms with Gasteiger partial charge < -0.3 is 15.0 Å². The van der Waals surface area contributed by atoms with Gasteiger partial charge in [0.2, 0.25) is 26.0 Å². The van der Waals surface area contributed by atoms with E-state index in [2.05, 4.69) is 10.2 Å². The van der Waals surface area contributed by atoms with E-state index in [1.807, 2.05) is 13.1 Å². The summed E-state index contributed by atoms with van der Waals surface area (Å²) in [6.45, 7) is 1.70. The van der Waals surface area contributed by atoms with Gasteiger partial charge in [0, 0.05) is 38.4 Å². The van der Waals surface area contributed by atoms with Gasteiger partial charge in [0.05, 0.1) is 23.4 Å². The molecule has 0 unspecified atom stereocenters. The van der Waals surface area contributed by atoms with Gasteiger partial charge in [-0.2, -0.15) is 8.61 Å². The monoisotopic (exact) mass is 572 g/mol. The van der Waals surface area contributed by atoms with Crippen LogP contribution in [0.5, 0.6) is 5.75 Å². The molecule has 39 heavy (non-hydrogen) atoms. The van der Waals surface area contributed by atoms with Crippen molar-refractivity contribution in [3.63, 3.8) is 0 Å². The SMILES string of the molecule is COc1ccc(S(=O)(=O)N(CC(=O)Nc2ccc(S(=O)(=O)N3CCN(C)CC3)cc2)Cc2ccccc2)cc1. The standard InChI is InChI=1S/C27H32N4O6S2/c1-29-16-18-30(19-17-29)38(33,34)25-12-8-23(9-13-25)28-27(32)21-31(20-22-6-4-3-5-7-22)39(35,36)26-14-10-24(37-2)11-15-26/h3-15H,16-21H2,1-2H3,(H,28,32). The number of likely N-dealkylation sites (N-methyl/N-ethyl adjacent to an activating group) is 1. The Hall–Kier alpha value is -3.29. The molecule has 1 saturated heterocycles. The zero-order valence-corrected chi connectivity index (χ0v) is 23.5. The number of carbonyl (C=O) groups excluding carboxylic acids is 1. The molecule has 1 heterocycles. The Morgan fingerprint density at radius 3 is 2.03 bits per heavy atom. The molecular formula is C27H32N4O6S2. The van der Waals surface area contributed by atoms with Crippen molar-refractivity contribution < 1.29 is 26.4 Å². The number of nitrogens with zero attached hydrogens (tertiary/aromatic N) is 3. The van der Waals surface area contributed by atoms with E-state index in [1.165, 1.54) is 47.8 Å². The summed E-state index contributed by atoms with van der Waals surface area (Å²) in [5, 5.41) is 2.68. The molecule has 0 radical (unpaired) electrons. The molecule has 3 aromatic rings. The number of anilines is 1. The van der Waals surface area contributed by atoms with Crippen LogP contribution in [0.25, 0.3) is 0 Å². The molecule has 4 rings (SSSR count). The number of nitrogens with one attached hydrogen (secondary N) is 1. The van der Waals surface area contributed by atoms with Gasteiger partial charge in [-0.15, -0.1) is 0 Å². The molecule has 0 aliphatic carbocycles. The summed E-state index contributed by atoms with van der Waals surface area (Å²) in [5.41, 5.74) is 1.08. The van der Waals surface area contributed by atoms with Crippen LogP contribution in [0.3, 0.4) is 0 Å². The van der Waals surface area contributed by atoms with Crippen molar-refractivity contribution >= 4 is 31.6 Å². The van der Waals surface area contributed by atoms with Gasteiger partial charge in [-0.05, 0) is 61.1 Å². The number of rotatable bonds is 10. The molecule has 1 amide bonds. The fourth-order valence-corrected chi connectivity index (χ4v) is 6.96. The third kappa shape index (κ3) is 7.02. The van der Waals surface area contributed by atoms with Crippen molar-refractivity contribution in [1.29, 1.82) is 0 Å². The highest BCUT2D eigenvalue weighted by molar-refractivity contribution is 7.89. The molecule has 1 aliphatic rings. The highest BCUT2D eigenvalue weighted by Crippen LogP contribution is 2.23. The van der Waals surface area contributed by atoms with Crippen LogP contribution < -0.4 is 10.1 Å². The van der Waals surface area contributed by atoms with Crippen molar-refractivity contribution in [3.8, 4) is 5.75 Å². The summed E-state index contributed by atoms with van der Waals surface area (Å²) in [6, 6.07) is 20.8. The van der Waals surface area contributed by atoms with E-state index < -0.39 is 32.5 Å². The fraction of sp³-hybridized carbons (Fsp3) is 0.296. The lowest BCUT2D eigenvalue weighted by Gasteiger charge is -2.31. The number of ether oxygens (including phenoxy) is 1. The van der Waals surface area contributed by atoms with Crippen molar-refractivity contribution in [3.05, 3.63) is 84.4 Å². The zero-order valence-electron chi connectivity index (χ0n) is 21.9. The van der Waals surface area contributed by atoms with Crippen molar-refractivity contribution in [2.75, 3.05) is 52.2 Å². The molecule has 0 saturated carbocycles. The first kappa shape index (κ1) is 28.7. The lowest BCUT2D eigenvalue weighted by Crippen LogP contribution is -2.46. The van der Waals surface area contributed by atoms with Crippen LogP contribution in [-0.2, 0) is 31.4 Å². The summed E-state index contributed by atoms with van der Waals surface area (Å²) in [7, 11) is -4.23. The third-order valence-corrected chi connectivity index (χ3v) is 10.2. The van der Waals surface area contributed by atoms with Gasteiger partial charge in [0.15, 0.2) is 0 Å². The van der Waals surface area contributed by atoms with Gasteiger partial charge in [-0.3, -0.25) is 4.79 Å². The molecule has 208 valence electrons. The van der Waals surface area contributed by atoms with Crippen LogP contribution in [0.4, 0.5) is 5.69 Å². The molecule has 1 aliphatic heterocycles. The van der Waals surface area contributed by atoms with Crippen molar-refractivity contribution in [2.45, 2.75) is 16.3 Å². The van der Waals surface area contributed by atoms with E-state index in [4.69, 9.17) is 4.74 Å². The van der Waals surface area contributed by atoms with Crippen LogP contribution in [0.15, 0.2) is 88.7 Å². The summed E-state index contributed by atoms with van der Waals surface area (Å²) in [6.07, 6.45) is 0. The first-order valence-corrected chi connectivity index (χ1v) is 15.2. The van der Waals surface area contributed by atoms with E-state index in [9.17, 15) is 21.6 Å². The Morgan fingerprint density at radius 2 is 1.44 bits per heavy atom. The highest BCUT2D eigenvalue weighted by Gasteiger charge is 2.29. The maximum Gasteiger partial charge on any atom is 0.243 e. The van der Waals surface area contributed by atoms with Crippen LogP contribution in [0, 0.1) is 0 Å². The number of hydrogen-bond acceptors (Lipinski definition) is 7. The van der Waals surface area contributed by atoms with Crippen molar-refractivity contribution in [2.24, 2.45) is 0 Å². The van der Waals surface area contributed by atoms with E-state index >= 15 is 0 Å². The molecule has 1 fully saturated rings. The number of sulfonamides is 2. The Kier molecular flexibility index (Phi) is 9.03. The van der Waals surface area contributed by atoms with Gasteiger partial charge in [-0.25, -0.2) is 16.8 Å². The number of methoxy groups -OCH3 is 1. The van der Waals surface area contributed by atoms with E-state index in [-0.39, 0.29) is 16.3 Å². The smallest absolute Gasteiger partial charge is 0.243 e. The Morgan fingerprint density at radius 1 is 0.846 bits per heavy atom. The number of amides is 1. The third-order valence-electron chi connectivity index (χ3n) is 6.46. The Balaban J connectivity index is 1.49. The summed E-state index contributed by atoms with van der Waals surface area (Å²) in [5.74, 6) is -0.0444. The largest absolute Gasteiger partial charge is 0.497 e. The second-order valence-electron chi connectivity index (χ2n) is 9.21. The van der Waals surface area contributed by atoms with E-state index in [1.54, 1.807) is 36.4 Å². The maximum atomic E-state index is 13.5. The van der Waals surface area contributed by atoms with Crippen LogP contribution in [-0.4, -0.2) is 83.1 Å². The van der Waals surface area contributed by atoms with Crippen LogP contribution in [0.1, 0.15) is 5.56 Å². The average molecular weight is 573 g/mol. The molecule has 3 aromatic carbocycles. The Labute approximate surface area is 229 Å². The quantitative estimate of drug-likeness (QED) is 0.397. The second kappa shape index (κ2) is 12.3.